The third kappa shape index (κ3) is 7.44. The van der Waals surface area contributed by atoms with E-state index in [0.717, 1.165) is 11.1 Å². The van der Waals surface area contributed by atoms with Crippen LogP contribution in [0.1, 0.15) is 62.1 Å². The lowest BCUT2D eigenvalue weighted by molar-refractivity contribution is -0.154. The summed E-state index contributed by atoms with van der Waals surface area (Å²) in [5.74, 6) is -1.74. The molecule has 0 aliphatic carbocycles. The molecule has 246 valence electrons. The van der Waals surface area contributed by atoms with Gasteiger partial charge in [0.25, 0.3) is 5.91 Å². The number of alkyl carbamates (subject to hydrolysis) is 1. The first-order valence-electron chi connectivity index (χ1n) is 15.1. The highest BCUT2D eigenvalue weighted by atomic mass is 32.2. The zero-order valence-electron chi connectivity index (χ0n) is 26.4. The van der Waals surface area contributed by atoms with Gasteiger partial charge in [0.2, 0.25) is 5.91 Å². The zero-order chi connectivity index (χ0) is 33.9. The maximum atomic E-state index is 13.8. The minimum atomic E-state index is -1.35. The van der Waals surface area contributed by atoms with E-state index < -0.39 is 59.6 Å². The normalized spacial score (nSPS) is 18.2. The van der Waals surface area contributed by atoms with Crippen molar-refractivity contribution in [3.8, 4) is 5.75 Å². The quantitative estimate of drug-likeness (QED) is 0.193. The van der Waals surface area contributed by atoms with Gasteiger partial charge in [0, 0.05) is 11.3 Å². The van der Waals surface area contributed by atoms with E-state index in [1.54, 1.807) is 27.7 Å². The van der Waals surface area contributed by atoms with Crippen LogP contribution in [0.2, 0.25) is 0 Å². The number of fused-ring (bicyclic) bond motifs is 1. The van der Waals surface area contributed by atoms with E-state index in [4.69, 9.17) is 9.47 Å². The number of ether oxygens (including phenoxy) is 2. The highest BCUT2D eigenvalue weighted by Crippen LogP contribution is 2.41. The molecule has 0 bridgehead atoms. The van der Waals surface area contributed by atoms with E-state index in [1.165, 1.54) is 34.9 Å². The predicted molar refractivity (Wildman–Crippen MR) is 175 cm³/mol. The number of carbonyl (C=O) groups excluding carboxylic acids is 4. The smallest absolute Gasteiger partial charge is 0.408 e. The lowest BCUT2D eigenvalue weighted by Crippen LogP contribution is -2.71. The molecular weight excluding hydrogens is 622 g/mol. The van der Waals surface area contributed by atoms with Gasteiger partial charge >= 0.3 is 12.1 Å². The lowest BCUT2D eigenvalue weighted by Gasteiger charge is -2.49. The van der Waals surface area contributed by atoms with Crippen LogP contribution >= 0.6 is 11.8 Å². The number of thioether (sulfide) groups is 1. The molecule has 0 saturated carbocycles. The molecular formula is C35H37N3O8S. The van der Waals surface area contributed by atoms with Crippen molar-refractivity contribution in [3.63, 3.8) is 0 Å². The molecule has 11 nitrogen and oxygen atoms in total. The minimum Gasteiger partial charge on any atom is -0.508 e. The first-order chi connectivity index (χ1) is 22.4. The number of nitrogens with zero attached hydrogens (tertiary/aromatic N) is 1. The number of hydrogen-bond acceptors (Lipinski definition) is 9. The van der Waals surface area contributed by atoms with E-state index in [1.807, 2.05) is 60.7 Å². The Labute approximate surface area is 276 Å². The van der Waals surface area contributed by atoms with Gasteiger partial charge in [-0.3, -0.25) is 14.5 Å². The Kier molecular flexibility index (Phi) is 9.92. The number of hydrogen-bond donors (Lipinski definition) is 4. The molecule has 4 N–H and O–H groups in total. The number of aliphatic hydroxyl groups excluding tert-OH is 1. The Balaban J connectivity index is 1.35. The molecule has 3 aromatic rings. The summed E-state index contributed by atoms with van der Waals surface area (Å²) in [6.45, 7) is 6.35. The van der Waals surface area contributed by atoms with Crippen LogP contribution in [0.15, 0.2) is 90.1 Å². The van der Waals surface area contributed by atoms with Crippen LogP contribution in [0.25, 0.3) is 0 Å². The Morgan fingerprint density at radius 2 is 1.60 bits per heavy atom. The Morgan fingerprint density at radius 1 is 0.979 bits per heavy atom. The molecule has 12 heteroatoms. The van der Waals surface area contributed by atoms with Crippen molar-refractivity contribution in [1.29, 1.82) is 0 Å². The fraction of sp³-hybridized carbons (Fsp3) is 0.314. The van der Waals surface area contributed by atoms with Gasteiger partial charge in [0.1, 0.15) is 34.5 Å². The molecule has 1 fully saturated rings. The van der Waals surface area contributed by atoms with Crippen LogP contribution in [0, 0.1) is 0 Å². The first-order valence-corrected chi connectivity index (χ1v) is 16.1. The third-order valence-electron chi connectivity index (χ3n) is 7.62. The van der Waals surface area contributed by atoms with Gasteiger partial charge in [-0.1, -0.05) is 72.8 Å². The molecule has 2 heterocycles. The summed E-state index contributed by atoms with van der Waals surface area (Å²) in [6, 6.07) is 20.5. The van der Waals surface area contributed by atoms with Gasteiger partial charge in [-0.15, -0.1) is 11.8 Å². The topological polar surface area (TPSA) is 154 Å². The van der Waals surface area contributed by atoms with Crippen molar-refractivity contribution < 1.29 is 38.9 Å². The summed E-state index contributed by atoms with van der Waals surface area (Å²) >= 11 is 1.39. The predicted octanol–water partition coefficient (Wildman–Crippen LogP) is 4.46. The van der Waals surface area contributed by atoms with Crippen LogP contribution < -0.4 is 10.6 Å². The van der Waals surface area contributed by atoms with Crippen LogP contribution in [-0.4, -0.2) is 61.8 Å². The standard InChI is InChI=1S/C35H37N3O8S/c1-20-19-47-32-27(36-30(41)26(37-34(44)46-35(2,3)4)23-15-16-24(18-39)25(40)17-23)31(42)38(32)28(20)33(43)45-29(21-11-7-5-8-12-21)22-13-9-6-10-14-22/h5-17,26-27,29,32,39-40H,18-19H2,1-4H3,(H,36,41)(H,37,44)/t26-,27?,32+/m1/s1. The summed E-state index contributed by atoms with van der Waals surface area (Å²) in [6.07, 6.45) is -1.59. The Hall–Kier alpha value is -4.81. The third-order valence-corrected chi connectivity index (χ3v) is 9.04. The molecule has 1 unspecified atom stereocenters. The highest BCUT2D eigenvalue weighted by Gasteiger charge is 2.54. The van der Waals surface area contributed by atoms with E-state index in [9.17, 15) is 29.4 Å². The van der Waals surface area contributed by atoms with Crippen molar-refractivity contribution in [1.82, 2.24) is 15.5 Å². The number of esters is 1. The molecule has 2 aliphatic heterocycles. The number of β-lactam (4-membered cyclic amide) rings is 1. The van der Waals surface area contributed by atoms with Gasteiger partial charge in [-0.2, -0.15) is 0 Å². The molecule has 3 atom stereocenters. The maximum absolute atomic E-state index is 13.8. The average Bonchev–Trinajstić information content (AvgIpc) is 3.04. The largest absolute Gasteiger partial charge is 0.508 e. The van der Waals surface area contributed by atoms with E-state index in [-0.39, 0.29) is 22.6 Å². The van der Waals surface area contributed by atoms with Crippen LogP contribution in [-0.2, 0) is 30.5 Å². The van der Waals surface area contributed by atoms with Crippen molar-refractivity contribution in [2.45, 2.75) is 63.5 Å². The number of aromatic hydroxyl groups is 1. The number of aliphatic hydroxyl groups is 1. The monoisotopic (exact) mass is 659 g/mol. The Bertz CT molecular complexity index is 1650. The molecule has 1 saturated heterocycles. The molecule has 3 aromatic carbocycles. The van der Waals surface area contributed by atoms with Gasteiger partial charge in [-0.25, -0.2) is 9.59 Å². The lowest BCUT2D eigenvalue weighted by atomic mass is 9.99. The average molecular weight is 660 g/mol. The summed E-state index contributed by atoms with van der Waals surface area (Å²) in [7, 11) is 0. The van der Waals surface area contributed by atoms with Crippen molar-refractivity contribution >= 4 is 35.6 Å². The molecule has 0 aromatic heterocycles. The maximum Gasteiger partial charge on any atom is 0.408 e. The molecule has 5 rings (SSSR count). The molecule has 0 radical (unpaired) electrons. The Morgan fingerprint density at radius 3 is 2.15 bits per heavy atom. The van der Waals surface area contributed by atoms with Gasteiger partial charge < -0.3 is 30.3 Å². The SMILES string of the molecule is CC1=C(C(=O)OC(c2ccccc2)c2ccccc2)N2C(=O)C(NC(=O)[C@H](NC(=O)OC(C)(C)C)c3ccc(CO)c(O)c3)[C@@H]2SC1. The molecule has 0 spiro atoms. The highest BCUT2D eigenvalue weighted by molar-refractivity contribution is 8.00. The summed E-state index contributed by atoms with van der Waals surface area (Å²) < 4.78 is 11.4. The number of amides is 3. The van der Waals surface area contributed by atoms with Gasteiger partial charge in [0.15, 0.2) is 6.10 Å². The summed E-state index contributed by atoms with van der Waals surface area (Å²) in [4.78, 5) is 55.1. The molecule has 2 aliphatic rings. The first kappa shape index (κ1) is 33.6. The van der Waals surface area contributed by atoms with Crippen molar-refractivity contribution in [2.75, 3.05) is 5.75 Å². The van der Waals surface area contributed by atoms with Crippen LogP contribution in [0.4, 0.5) is 4.79 Å². The number of rotatable bonds is 9. The number of benzene rings is 3. The second kappa shape index (κ2) is 13.9. The summed E-state index contributed by atoms with van der Waals surface area (Å²) in [5.41, 5.74) is 1.93. The minimum absolute atomic E-state index is 0.133. The molecule has 3 amide bonds. The van der Waals surface area contributed by atoms with Crippen molar-refractivity contribution in [3.05, 3.63) is 112 Å². The van der Waals surface area contributed by atoms with E-state index in [0.29, 0.717) is 11.3 Å². The number of carbonyl (C=O) groups is 4. The number of nitrogens with one attached hydrogen (secondary N) is 2. The zero-order valence-corrected chi connectivity index (χ0v) is 27.2. The fourth-order valence-electron chi connectivity index (χ4n) is 5.37. The van der Waals surface area contributed by atoms with E-state index in [2.05, 4.69) is 10.6 Å². The van der Waals surface area contributed by atoms with Gasteiger partial charge in [-0.05, 0) is 56.0 Å². The van der Waals surface area contributed by atoms with Crippen molar-refractivity contribution in [2.24, 2.45) is 0 Å². The van der Waals surface area contributed by atoms with Crippen LogP contribution in [0.5, 0.6) is 5.75 Å². The van der Waals surface area contributed by atoms with E-state index >= 15 is 0 Å². The van der Waals surface area contributed by atoms with Gasteiger partial charge in [0.05, 0.1) is 6.61 Å². The summed E-state index contributed by atoms with van der Waals surface area (Å²) in [5, 5.41) is 24.4. The fourth-order valence-corrected chi connectivity index (χ4v) is 6.66. The second-order valence-electron chi connectivity index (χ2n) is 12.3. The second-order valence-corrected chi connectivity index (χ2v) is 13.4. The van der Waals surface area contributed by atoms with Crippen LogP contribution in [0.3, 0.4) is 0 Å². The molecule has 47 heavy (non-hydrogen) atoms. The number of phenols is 1.